The van der Waals surface area contributed by atoms with Gasteiger partial charge in [-0.2, -0.15) is 0 Å². The minimum atomic E-state index is 0.347. The molecule has 0 amide bonds. The zero-order chi connectivity index (χ0) is 10.5. The fourth-order valence-electron chi connectivity index (χ4n) is 1.97. The summed E-state index contributed by atoms with van der Waals surface area (Å²) in [6, 6.07) is 9.99. The van der Waals surface area contributed by atoms with Crippen molar-refractivity contribution in [2.24, 2.45) is 0 Å². The Morgan fingerprint density at radius 3 is 2.40 bits per heavy atom. The molecular formula is C13H17O2. The van der Waals surface area contributed by atoms with Crippen molar-refractivity contribution in [3.8, 4) is 0 Å². The molecule has 2 rings (SSSR count). The van der Waals surface area contributed by atoms with Crippen molar-refractivity contribution in [2.75, 3.05) is 7.11 Å². The van der Waals surface area contributed by atoms with Crippen molar-refractivity contribution in [3.63, 3.8) is 0 Å². The number of benzene rings is 1. The van der Waals surface area contributed by atoms with Gasteiger partial charge in [0, 0.05) is 12.7 Å². The van der Waals surface area contributed by atoms with Crippen molar-refractivity contribution in [1.29, 1.82) is 0 Å². The largest absolute Gasteiger partial charge is 0.345 e. The molecule has 1 aromatic rings. The Labute approximate surface area is 91.2 Å². The topological polar surface area (TPSA) is 18.5 Å². The molecule has 1 aromatic carbocycles. The van der Waals surface area contributed by atoms with Crippen LogP contribution in [0.25, 0.3) is 0 Å². The summed E-state index contributed by atoms with van der Waals surface area (Å²) < 4.78 is 11.1. The summed E-state index contributed by atoms with van der Waals surface area (Å²) in [6.07, 6.45) is 5.86. The molecule has 0 spiro atoms. The molecule has 0 aliphatic heterocycles. The molecule has 2 nitrogen and oxygen atoms in total. The second-order valence-corrected chi connectivity index (χ2v) is 3.88. The van der Waals surface area contributed by atoms with Crippen LogP contribution in [0, 0.1) is 6.29 Å². The quantitative estimate of drug-likeness (QED) is 0.751. The second kappa shape index (κ2) is 5.29. The molecule has 81 valence electrons. The van der Waals surface area contributed by atoms with E-state index < -0.39 is 0 Å². The van der Waals surface area contributed by atoms with Crippen molar-refractivity contribution in [2.45, 2.75) is 31.8 Å². The Kier molecular flexibility index (Phi) is 3.75. The normalized spacial score (nSPS) is 17.5. The highest BCUT2D eigenvalue weighted by Crippen LogP contribution is 2.27. The van der Waals surface area contributed by atoms with E-state index in [4.69, 9.17) is 9.47 Å². The van der Waals surface area contributed by atoms with Crippen LogP contribution in [-0.2, 0) is 9.47 Å². The summed E-state index contributed by atoms with van der Waals surface area (Å²) >= 11 is 0. The number of hydrogen-bond acceptors (Lipinski definition) is 2. The van der Waals surface area contributed by atoms with Gasteiger partial charge >= 0.3 is 0 Å². The van der Waals surface area contributed by atoms with E-state index in [1.54, 1.807) is 7.11 Å². The molecule has 15 heavy (non-hydrogen) atoms. The fraction of sp³-hybridized carbons (Fsp3) is 0.462. The van der Waals surface area contributed by atoms with E-state index in [0.717, 1.165) is 18.4 Å². The number of ether oxygens (including phenoxy) is 2. The van der Waals surface area contributed by atoms with Crippen LogP contribution in [0.15, 0.2) is 30.3 Å². The van der Waals surface area contributed by atoms with E-state index in [1.807, 2.05) is 30.3 Å². The maximum atomic E-state index is 5.84. The first-order valence-corrected chi connectivity index (χ1v) is 5.53. The third kappa shape index (κ3) is 2.80. The zero-order valence-electron chi connectivity index (χ0n) is 9.11. The summed E-state index contributed by atoms with van der Waals surface area (Å²) in [5.41, 5.74) is 1.02. The van der Waals surface area contributed by atoms with Gasteiger partial charge in [-0.15, -0.1) is 0 Å². The van der Waals surface area contributed by atoms with Gasteiger partial charge in [0.1, 0.15) is 0 Å². The molecule has 1 aliphatic rings. The monoisotopic (exact) mass is 205 g/mol. The van der Waals surface area contributed by atoms with Crippen LogP contribution in [0.2, 0.25) is 0 Å². The van der Waals surface area contributed by atoms with E-state index in [2.05, 4.69) is 0 Å². The van der Waals surface area contributed by atoms with Crippen molar-refractivity contribution in [3.05, 3.63) is 42.2 Å². The Morgan fingerprint density at radius 2 is 1.80 bits per heavy atom. The molecule has 1 radical (unpaired) electrons. The average Bonchev–Trinajstić information content (AvgIpc) is 2.80. The maximum absolute atomic E-state index is 5.84. The second-order valence-electron chi connectivity index (χ2n) is 3.88. The highest BCUT2D eigenvalue weighted by Gasteiger charge is 2.22. The summed E-state index contributed by atoms with van der Waals surface area (Å²) in [7, 11) is 1.66. The highest BCUT2D eigenvalue weighted by molar-refractivity contribution is 5.23. The first-order valence-electron chi connectivity index (χ1n) is 5.53. The minimum absolute atomic E-state index is 0.347. The lowest BCUT2D eigenvalue weighted by molar-refractivity contribution is -0.0420. The Bertz CT molecular complexity index is 278. The van der Waals surface area contributed by atoms with Gasteiger partial charge in [0.05, 0.1) is 6.10 Å². The summed E-state index contributed by atoms with van der Waals surface area (Å²) in [5.74, 6) is 0. The van der Waals surface area contributed by atoms with Gasteiger partial charge in [0.2, 0.25) is 0 Å². The lowest BCUT2D eigenvalue weighted by Gasteiger charge is -2.18. The molecule has 0 unspecified atom stereocenters. The van der Waals surface area contributed by atoms with Crippen LogP contribution in [0.1, 0.15) is 31.2 Å². The molecular weight excluding hydrogens is 188 g/mol. The van der Waals surface area contributed by atoms with Gasteiger partial charge in [-0.1, -0.05) is 43.2 Å². The van der Waals surface area contributed by atoms with Gasteiger partial charge in [-0.25, -0.2) is 0 Å². The van der Waals surface area contributed by atoms with Gasteiger partial charge < -0.3 is 9.47 Å². The third-order valence-corrected chi connectivity index (χ3v) is 2.77. The van der Waals surface area contributed by atoms with Crippen molar-refractivity contribution in [1.82, 2.24) is 0 Å². The summed E-state index contributed by atoms with van der Waals surface area (Å²) in [6.45, 7) is 0. The highest BCUT2D eigenvalue weighted by atomic mass is 16.7. The van der Waals surface area contributed by atoms with E-state index in [9.17, 15) is 0 Å². The molecule has 0 aromatic heterocycles. The van der Waals surface area contributed by atoms with Gasteiger partial charge in [0.15, 0.2) is 0 Å². The van der Waals surface area contributed by atoms with E-state index in [-0.39, 0.29) is 0 Å². The molecule has 0 saturated heterocycles. The van der Waals surface area contributed by atoms with E-state index in [1.165, 1.54) is 12.8 Å². The molecule has 0 bridgehead atoms. The number of hydrogen-bond donors (Lipinski definition) is 0. The molecule has 1 fully saturated rings. The third-order valence-electron chi connectivity index (χ3n) is 2.77. The average molecular weight is 205 g/mol. The molecule has 1 saturated carbocycles. The summed E-state index contributed by atoms with van der Waals surface area (Å²) in [5, 5.41) is 0. The van der Waals surface area contributed by atoms with Gasteiger partial charge in [-0.3, -0.25) is 0 Å². The Morgan fingerprint density at radius 1 is 1.13 bits per heavy atom. The van der Waals surface area contributed by atoms with Crippen LogP contribution in [0.3, 0.4) is 0 Å². The van der Waals surface area contributed by atoms with Crippen molar-refractivity contribution >= 4 is 0 Å². The van der Waals surface area contributed by atoms with Crippen LogP contribution in [0.4, 0.5) is 0 Å². The Hall–Kier alpha value is -0.860. The van der Waals surface area contributed by atoms with Crippen LogP contribution >= 0.6 is 0 Å². The van der Waals surface area contributed by atoms with Gasteiger partial charge in [0.25, 0.3) is 6.29 Å². The predicted octanol–water partition coefficient (Wildman–Crippen LogP) is 3.13. The number of methoxy groups -OCH3 is 1. The zero-order valence-corrected chi connectivity index (χ0v) is 9.11. The maximum Gasteiger partial charge on any atom is 0.256 e. The van der Waals surface area contributed by atoms with Crippen LogP contribution in [0.5, 0.6) is 0 Å². The van der Waals surface area contributed by atoms with Crippen molar-refractivity contribution < 1.29 is 9.47 Å². The molecule has 0 heterocycles. The van der Waals surface area contributed by atoms with Crippen LogP contribution < -0.4 is 0 Å². The van der Waals surface area contributed by atoms with Gasteiger partial charge in [-0.05, 0) is 12.8 Å². The standard InChI is InChI=1S/C13H17O2/c1-14-13(11-7-3-2-4-8-11)15-12-9-5-6-10-12/h2-4,7-8,12H,5-6,9-10H2,1H3. The molecule has 2 heteroatoms. The molecule has 0 N–H and O–H groups in total. The summed E-state index contributed by atoms with van der Waals surface area (Å²) in [4.78, 5) is 0. The smallest absolute Gasteiger partial charge is 0.256 e. The predicted molar refractivity (Wildman–Crippen MR) is 59.1 cm³/mol. The SMILES string of the molecule is CO[C](OC1CCCC1)c1ccccc1. The first-order chi connectivity index (χ1) is 7.40. The minimum Gasteiger partial charge on any atom is -0.345 e. The van der Waals surface area contributed by atoms with E-state index >= 15 is 0 Å². The number of rotatable bonds is 4. The fourth-order valence-corrected chi connectivity index (χ4v) is 1.97. The lowest BCUT2D eigenvalue weighted by atomic mass is 10.2. The lowest BCUT2D eigenvalue weighted by Crippen LogP contribution is -2.15. The first kappa shape index (κ1) is 10.7. The van der Waals surface area contributed by atoms with Crippen LogP contribution in [-0.4, -0.2) is 13.2 Å². The van der Waals surface area contributed by atoms with E-state index in [0.29, 0.717) is 12.4 Å². The Balaban J connectivity index is 1.97. The molecule has 0 atom stereocenters. The molecule has 1 aliphatic carbocycles.